The minimum atomic E-state index is -0.162. The van der Waals surface area contributed by atoms with E-state index in [2.05, 4.69) is 59.6 Å². The molecule has 1 amide bonds. The van der Waals surface area contributed by atoms with Crippen LogP contribution in [0.5, 0.6) is 0 Å². The summed E-state index contributed by atoms with van der Waals surface area (Å²) >= 11 is 0. The molecule has 0 atom stereocenters. The van der Waals surface area contributed by atoms with Gasteiger partial charge in [-0.25, -0.2) is 9.97 Å². The molecule has 0 aliphatic rings. The number of nitrogens with one attached hydrogen (secondary N) is 2. The number of amides is 1. The van der Waals surface area contributed by atoms with Crippen LogP contribution in [-0.2, 0) is 0 Å². The van der Waals surface area contributed by atoms with Crippen molar-refractivity contribution in [1.82, 2.24) is 15.3 Å². The molecule has 0 radical (unpaired) electrons. The van der Waals surface area contributed by atoms with Crippen molar-refractivity contribution in [3.8, 4) is 0 Å². The fraction of sp³-hybridized carbons (Fsp3) is 0.389. The van der Waals surface area contributed by atoms with Gasteiger partial charge in [0.2, 0.25) is 5.95 Å². The maximum Gasteiger partial charge on any atom is 0.254 e. The first-order chi connectivity index (χ1) is 10.9. The van der Waals surface area contributed by atoms with E-state index >= 15 is 0 Å². The van der Waals surface area contributed by atoms with Crippen molar-refractivity contribution in [3.05, 3.63) is 47.3 Å². The van der Waals surface area contributed by atoms with Gasteiger partial charge < -0.3 is 10.6 Å². The molecule has 1 heterocycles. The molecule has 2 N–H and O–H groups in total. The summed E-state index contributed by atoms with van der Waals surface area (Å²) in [5.74, 6) is 0.723. The lowest BCUT2D eigenvalue weighted by Crippen LogP contribution is -2.30. The number of carbonyl (C=O) groups is 1. The lowest BCUT2D eigenvalue weighted by molar-refractivity contribution is 0.0942. The third-order valence-corrected chi connectivity index (χ3v) is 3.50. The maximum atomic E-state index is 11.9. The third-order valence-electron chi connectivity index (χ3n) is 3.50. The van der Waals surface area contributed by atoms with Crippen LogP contribution in [0.1, 0.15) is 55.1 Å². The molecule has 122 valence electrons. The Bertz CT molecular complexity index is 678. The normalized spacial score (nSPS) is 10.9. The molecule has 23 heavy (non-hydrogen) atoms. The van der Waals surface area contributed by atoms with Crippen LogP contribution >= 0.6 is 0 Å². The summed E-state index contributed by atoms with van der Waals surface area (Å²) in [6.45, 7) is 10.2. The van der Waals surface area contributed by atoms with E-state index in [1.165, 1.54) is 5.56 Å². The first-order valence-corrected chi connectivity index (χ1v) is 7.88. The number of benzene rings is 1. The van der Waals surface area contributed by atoms with Crippen LogP contribution in [0.3, 0.4) is 0 Å². The highest BCUT2D eigenvalue weighted by molar-refractivity contribution is 5.93. The number of nitrogens with zero attached hydrogens (tertiary/aromatic N) is 2. The molecule has 0 fully saturated rings. The van der Waals surface area contributed by atoms with Crippen molar-refractivity contribution >= 4 is 17.5 Å². The van der Waals surface area contributed by atoms with E-state index in [1.807, 2.05) is 13.8 Å². The first kappa shape index (κ1) is 16.9. The van der Waals surface area contributed by atoms with Gasteiger partial charge in [-0.3, -0.25) is 4.79 Å². The second-order valence-electron chi connectivity index (χ2n) is 6.24. The molecule has 0 saturated heterocycles. The average molecular weight is 312 g/mol. The van der Waals surface area contributed by atoms with Gasteiger partial charge in [-0.2, -0.15) is 0 Å². The maximum absolute atomic E-state index is 11.9. The van der Waals surface area contributed by atoms with Gasteiger partial charge in [-0.1, -0.05) is 32.0 Å². The monoisotopic (exact) mass is 312 g/mol. The number of aromatic nitrogens is 2. The van der Waals surface area contributed by atoms with Crippen LogP contribution in [0.2, 0.25) is 0 Å². The van der Waals surface area contributed by atoms with E-state index < -0.39 is 0 Å². The summed E-state index contributed by atoms with van der Waals surface area (Å²) in [5.41, 5.74) is 3.84. The molecule has 5 heteroatoms. The van der Waals surface area contributed by atoms with Gasteiger partial charge >= 0.3 is 0 Å². The SMILES string of the molecule is Cc1cccc(C(C)C)c1Nc1ncc(C(=O)NC(C)C)cn1. The van der Waals surface area contributed by atoms with E-state index in [4.69, 9.17) is 0 Å². The highest BCUT2D eigenvalue weighted by atomic mass is 16.1. The summed E-state index contributed by atoms with van der Waals surface area (Å²) in [6, 6.07) is 6.29. The van der Waals surface area contributed by atoms with Crippen LogP contribution < -0.4 is 10.6 Å². The molecule has 2 rings (SSSR count). The van der Waals surface area contributed by atoms with Gasteiger partial charge in [-0.05, 0) is 37.8 Å². The molecule has 2 aromatic rings. The van der Waals surface area contributed by atoms with Crippen LogP contribution in [0.15, 0.2) is 30.6 Å². The fourth-order valence-electron chi connectivity index (χ4n) is 2.31. The highest BCUT2D eigenvalue weighted by Gasteiger charge is 2.12. The summed E-state index contributed by atoms with van der Waals surface area (Å²) in [7, 11) is 0. The Kier molecular flexibility index (Phi) is 5.32. The second-order valence-corrected chi connectivity index (χ2v) is 6.24. The fourth-order valence-corrected chi connectivity index (χ4v) is 2.31. The highest BCUT2D eigenvalue weighted by Crippen LogP contribution is 2.29. The summed E-state index contributed by atoms with van der Waals surface area (Å²) < 4.78 is 0. The van der Waals surface area contributed by atoms with Gasteiger partial charge in [0.15, 0.2) is 0 Å². The van der Waals surface area contributed by atoms with Gasteiger partial charge in [0.1, 0.15) is 0 Å². The summed E-state index contributed by atoms with van der Waals surface area (Å²) in [4.78, 5) is 20.4. The minimum absolute atomic E-state index is 0.0841. The minimum Gasteiger partial charge on any atom is -0.350 e. The predicted molar refractivity (Wildman–Crippen MR) is 93.2 cm³/mol. The van der Waals surface area contributed by atoms with E-state index in [9.17, 15) is 4.79 Å². The number of rotatable bonds is 5. The van der Waals surface area contributed by atoms with Gasteiger partial charge in [0.25, 0.3) is 5.91 Å². The molecule has 1 aromatic carbocycles. The van der Waals surface area contributed by atoms with Crippen LogP contribution in [0.4, 0.5) is 11.6 Å². The smallest absolute Gasteiger partial charge is 0.254 e. The molecule has 0 unspecified atom stereocenters. The van der Waals surface area contributed by atoms with E-state index in [0.717, 1.165) is 11.3 Å². The molecule has 0 saturated carbocycles. The predicted octanol–water partition coefficient (Wildman–Crippen LogP) is 3.79. The van der Waals surface area contributed by atoms with Crippen LogP contribution in [-0.4, -0.2) is 21.9 Å². The standard InChI is InChI=1S/C18H24N4O/c1-11(2)15-8-6-7-13(5)16(15)22-18-19-9-14(10-20-18)17(23)21-12(3)4/h6-12H,1-5H3,(H,21,23)(H,19,20,22). The Hall–Kier alpha value is -2.43. The van der Waals surface area contributed by atoms with E-state index in [1.54, 1.807) is 12.4 Å². The molecule has 1 aromatic heterocycles. The molecule has 5 nitrogen and oxygen atoms in total. The Morgan fingerprint density at radius 1 is 1.09 bits per heavy atom. The topological polar surface area (TPSA) is 66.9 Å². The molecular formula is C18H24N4O. The second kappa shape index (κ2) is 7.22. The van der Waals surface area contributed by atoms with Gasteiger partial charge in [0.05, 0.1) is 5.56 Å². The van der Waals surface area contributed by atoms with Gasteiger partial charge in [-0.15, -0.1) is 0 Å². The Labute approximate surface area is 137 Å². The Balaban J connectivity index is 2.21. The Morgan fingerprint density at radius 3 is 2.30 bits per heavy atom. The van der Waals surface area contributed by atoms with Crippen molar-refractivity contribution in [2.45, 2.75) is 46.6 Å². The van der Waals surface area contributed by atoms with Crippen molar-refractivity contribution in [1.29, 1.82) is 0 Å². The molecular weight excluding hydrogens is 288 g/mol. The number of anilines is 2. The number of aryl methyl sites for hydroxylation is 1. The van der Waals surface area contributed by atoms with Crippen molar-refractivity contribution < 1.29 is 4.79 Å². The van der Waals surface area contributed by atoms with Crippen LogP contribution in [0.25, 0.3) is 0 Å². The number of carbonyl (C=O) groups excluding carboxylic acids is 1. The van der Waals surface area contributed by atoms with Gasteiger partial charge in [0, 0.05) is 24.1 Å². The van der Waals surface area contributed by atoms with Crippen molar-refractivity contribution in [2.75, 3.05) is 5.32 Å². The lowest BCUT2D eigenvalue weighted by atomic mass is 9.98. The lowest BCUT2D eigenvalue weighted by Gasteiger charge is -2.16. The number of hydrogen-bond acceptors (Lipinski definition) is 4. The zero-order chi connectivity index (χ0) is 17.0. The zero-order valence-electron chi connectivity index (χ0n) is 14.3. The van der Waals surface area contributed by atoms with E-state index in [0.29, 0.717) is 17.4 Å². The quantitative estimate of drug-likeness (QED) is 0.881. The number of para-hydroxylation sites is 1. The number of hydrogen-bond donors (Lipinski definition) is 2. The first-order valence-electron chi connectivity index (χ1n) is 7.88. The molecule has 0 aliphatic carbocycles. The molecule has 0 spiro atoms. The van der Waals surface area contributed by atoms with Crippen LogP contribution in [0, 0.1) is 6.92 Å². The van der Waals surface area contributed by atoms with Crippen molar-refractivity contribution in [2.24, 2.45) is 0 Å². The third kappa shape index (κ3) is 4.28. The molecule has 0 aliphatic heterocycles. The zero-order valence-corrected chi connectivity index (χ0v) is 14.3. The summed E-state index contributed by atoms with van der Waals surface area (Å²) in [5, 5.41) is 6.10. The largest absolute Gasteiger partial charge is 0.350 e. The average Bonchev–Trinajstić information content (AvgIpc) is 2.49. The van der Waals surface area contributed by atoms with Crippen molar-refractivity contribution in [3.63, 3.8) is 0 Å². The molecule has 0 bridgehead atoms. The van der Waals surface area contributed by atoms with E-state index in [-0.39, 0.29) is 11.9 Å². The summed E-state index contributed by atoms with van der Waals surface area (Å²) in [6.07, 6.45) is 3.08. The Morgan fingerprint density at radius 2 is 1.74 bits per heavy atom.